The standard InChI is InChI=1S/C19H24N4O2/c24-19(7-15-1-2-15)22-9-17(10-23-14-21-8-18(23)11-22)13-25-12-16-3-5-20-6-4-16/h3-6,8,14-15,17H,1-2,7,9-13H2/t17-/m1/s1. The molecule has 1 saturated carbocycles. The molecule has 1 fully saturated rings. The normalized spacial score (nSPS) is 20.2. The van der Waals surface area contributed by atoms with Gasteiger partial charge in [-0.25, -0.2) is 4.98 Å². The first-order valence-electron chi connectivity index (χ1n) is 9.01. The molecule has 2 aromatic heterocycles. The van der Waals surface area contributed by atoms with Crippen LogP contribution in [0.3, 0.4) is 0 Å². The van der Waals surface area contributed by atoms with E-state index in [0.29, 0.717) is 32.1 Å². The molecule has 4 rings (SSSR count). The van der Waals surface area contributed by atoms with E-state index < -0.39 is 0 Å². The monoisotopic (exact) mass is 340 g/mol. The summed E-state index contributed by atoms with van der Waals surface area (Å²) in [5, 5.41) is 0. The third kappa shape index (κ3) is 4.25. The average Bonchev–Trinajstić information content (AvgIpc) is 3.37. The Balaban J connectivity index is 1.38. The first kappa shape index (κ1) is 16.3. The molecule has 3 heterocycles. The number of pyridine rings is 1. The maximum Gasteiger partial charge on any atom is 0.223 e. The van der Waals surface area contributed by atoms with Crippen LogP contribution in [0.4, 0.5) is 0 Å². The van der Waals surface area contributed by atoms with Crippen LogP contribution in [0.25, 0.3) is 0 Å². The van der Waals surface area contributed by atoms with Crippen molar-refractivity contribution >= 4 is 5.91 Å². The van der Waals surface area contributed by atoms with Gasteiger partial charge in [0.1, 0.15) is 0 Å². The fraction of sp³-hybridized carbons (Fsp3) is 0.526. The summed E-state index contributed by atoms with van der Waals surface area (Å²) in [5.74, 6) is 1.17. The van der Waals surface area contributed by atoms with Crippen LogP contribution in [-0.2, 0) is 29.2 Å². The molecule has 0 bridgehead atoms. The largest absolute Gasteiger partial charge is 0.376 e. The summed E-state index contributed by atoms with van der Waals surface area (Å²) in [7, 11) is 0. The Morgan fingerprint density at radius 3 is 2.80 bits per heavy atom. The van der Waals surface area contributed by atoms with Crippen molar-refractivity contribution < 1.29 is 9.53 Å². The maximum atomic E-state index is 12.6. The summed E-state index contributed by atoms with van der Waals surface area (Å²) in [6.07, 6.45) is 10.4. The topological polar surface area (TPSA) is 60.2 Å². The first-order valence-corrected chi connectivity index (χ1v) is 9.01. The second-order valence-corrected chi connectivity index (χ2v) is 7.20. The molecule has 1 amide bonds. The molecule has 0 saturated heterocycles. The number of rotatable bonds is 6. The predicted octanol–water partition coefficient (Wildman–Crippen LogP) is 2.25. The molecule has 1 aliphatic heterocycles. The van der Waals surface area contributed by atoms with E-state index in [1.807, 2.05) is 29.6 Å². The van der Waals surface area contributed by atoms with E-state index in [2.05, 4.69) is 14.5 Å². The Bertz CT molecular complexity index is 711. The van der Waals surface area contributed by atoms with Gasteiger partial charge in [-0.05, 0) is 36.5 Å². The molecule has 0 unspecified atom stereocenters. The fourth-order valence-corrected chi connectivity index (χ4v) is 3.37. The Morgan fingerprint density at radius 2 is 2.00 bits per heavy atom. The summed E-state index contributed by atoms with van der Waals surface area (Å²) in [6.45, 7) is 3.47. The van der Waals surface area contributed by atoms with E-state index in [1.54, 1.807) is 12.4 Å². The Morgan fingerprint density at radius 1 is 1.16 bits per heavy atom. The van der Waals surface area contributed by atoms with Gasteiger partial charge in [-0.15, -0.1) is 0 Å². The van der Waals surface area contributed by atoms with Crippen molar-refractivity contribution in [2.45, 2.75) is 39.0 Å². The van der Waals surface area contributed by atoms with E-state index in [1.165, 1.54) is 12.8 Å². The van der Waals surface area contributed by atoms with Crippen molar-refractivity contribution in [3.05, 3.63) is 48.3 Å². The molecule has 0 radical (unpaired) electrons. The summed E-state index contributed by atoms with van der Waals surface area (Å²) in [6, 6.07) is 3.93. The Labute approximate surface area is 147 Å². The van der Waals surface area contributed by atoms with Crippen LogP contribution in [0.2, 0.25) is 0 Å². The van der Waals surface area contributed by atoms with Gasteiger partial charge < -0.3 is 14.2 Å². The lowest BCUT2D eigenvalue weighted by Gasteiger charge is -2.24. The number of carbonyl (C=O) groups excluding carboxylic acids is 1. The lowest BCUT2D eigenvalue weighted by molar-refractivity contribution is -0.133. The smallest absolute Gasteiger partial charge is 0.223 e. The highest BCUT2D eigenvalue weighted by atomic mass is 16.5. The first-order chi connectivity index (χ1) is 12.3. The number of fused-ring (bicyclic) bond motifs is 1. The van der Waals surface area contributed by atoms with Gasteiger partial charge in [-0.2, -0.15) is 0 Å². The molecular weight excluding hydrogens is 316 g/mol. The summed E-state index contributed by atoms with van der Waals surface area (Å²) >= 11 is 0. The fourth-order valence-electron chi connectivity index (χ4n) is 3.37. The number of hydrogen-bond donors (Lipinski definition) is 0. The van der Waals surface area contributed by atoms with Gasteiger partial charge in [0.2, 0.25) is 5.91 Å². The zero-order valence-corrected chi connectivity index (χ0v) is 14.4. The van der Waals surface area contributed by atoms with E-state index >= 15 is 0 Å². The maximum absolute atomic E-state index is 12.6. The molecule has 6 heteroatoms. The summed E-state index contributed by atoms with van der Waals surface area (Å²) in [4.78, 5) is 22.9. The van der Waals surface area contributed by atoms with Crippen molar-refractivity contribution in [1.82, 2.24) is 19.4 Å². The summed E-state index contributed by atoms with van der Waals surface area (Å²) in [5.41, 5.74) is 2.23. The third-order valence-electron chi connectivity index (χ3n) is 4.97. The van der Waals surface area contributed by atoms with E-state index in [0.717, 1.165) is 24.3 Å². The van der Waals surface area contributed by atoms with Gasteiger partial charge in [-0.1, -0.05) is 0 Å². The summed E-state index contributed by atoms with van der Waals surface area (Å²) < 4.78 is 8.09. The van der Waals surface area contributed by atoms with Gasteiger partial charge in [0.25, 0.3) is 0 Å². The quantitative estimate of drug-likeness (QED) is 0.809. The van der Waals surface area contributed by atoms with Crippen LogP contribution in [0.15, 0.2) is 37.1 Å². The van der Waals surface area contributed by atoms with Gasteiger partial charge in [0.15, 0.2) is 0 Å². The number of amides is 1. The Hall–Kier alpha value is -2.21. The molecule has 1 atom stereocenters. The molecule has 1 aliphatic carbocycles. The third-order valence-corrected chi connectivity index (χ3v) is 4.97. The minimum atomic E-state index is 0.274. The molecule has 6 nitrogen and oxygen atoms in total. The number of ether oxygens (including phenoxy) is 1. The molecule has 25 heavy (non-hydrogen) atoms. The van der Waals surface area contributed by atoms with Crippen molar-refractivity contribution in [1.29, 1.82) is 0 Å². The van der Waals surface area contributed by atoms with Gasteiger partial charge in [-0.3, -0.25) is 9.78 Å². The van der Waals surface area contributed by atoms with Gasteiger partial charge >= 0.3 is 0 Å². The van der Waals surface area contributed by atoms with E-state index in [4.69, 9.17) is 4.74 Å². The van der Waals surface area contributed by atoms with E-state index in [9.17, 15) is 4.79 Å². The minimum Gasteiger partial charge on any atom is -0.376 e. The van der Waals surface area contributed by atoms with Crippen LogP contribution in [-0.4, -0.2) is 38.5 Å². The van der Waals surface area contributed by atoms with Gasteiger partial charge in [0.05, 0.1) is 31.8 Å². The second-order valence-electron chi connectivity index (χ2n) is 7.20. The molecule has 0 N–H and O–H groups in total. The zero-order valence-electron chi connectivity index (χ0n) is 14.4. The van der Waals surface area contributed by atoms with Crippen molar-refractivity contribution in [2.24, 2.45) is 11.8 Å². The predicted molar refractivity (Wildman–Crippen MR) is 92.4 cm³/mol. The van der Waals surface area contributed by atoms with Crippen molar-refractivity contribution in [3.63, 3.8) is 0 Å². The van der Waals surface area contributed by atoms with Crippen LogP contribution < -0.4 is 0 Å². The lowest BCUT2D eigenvalue weighted by atomic mass is 10.1. The van der Waals surface area contributed by atoms with Crippen LogP contribution in [0.5, 0.6) is 0 Å². The van der Waals surface area contributed by atoms with Gasteiger partial charge in [0, 0.05) is 44.0 Å². The van der Waals surface area contributed by atoms with Crippen LogP contribution >= 0.6 is 0 Å². The van der Waals surface area contributed by atoms with Crippen molar-refractivity contribution in [3.8, 4) is 0 Å². The molecule has 0 spiro atoms. The molecule has 132 valence electrons. The number of imidazole rings is 1. The molecule has 2 aromatic rings. The lowest BCUT2D eigenvalue weighted by Crippen LogP contribution is -2.35. The number of carbonyl (C=O) groups is 1. The van der Waals surface area contributed by atoms with E-state index in [-0.39, 0.29) is 11.8 Å². The number of nitrogens with zero attached hydrogens (tertiary/aromatic N) is 4. The molecular formula is C19H24N4O2. The SMILES string of the molecule is O=C(CC1CC1)N1Cc2cncn2C[C@H](COCc2ccncc2)C1. The highest BCUT2D eigenvalue weighted by Gasteiger charge is 2.30. The average molecular weight is 340 g/mol. The second kappa shape index (κ2) is 7.35. The highest BCUT2D eigenvalue weighted by molar-refractivity contribution is 5.76. The Kier molecular flexibility index (Phi) is 4.78. The molecule has 2 aliphatic rings. The minimum absolute atomic E-state index is 0.274. The number of hydrogen-bond acceptors (Lipinski definition) is 4. The highest BCUT2D eigenvalue weighted by Crippen LogP contribution is 2.33. The number of aromatic nitrogens is 3. The van der Waals surface area contributed by atoms with Crippen LogP contribution in [0, 0.1) is 11.8 Å². The van der Waals surface area contributed by atoms with Crippen molar-refractivity contribution in [2.75, 3.05) is 13.2 Å². The van der Waals surface area contributed by atoms with Crippen LogP contribution in [0.1, 0.15) is 30.5 Å². The molecule has 0 aromatic carbocycles. The zero-order chi connectivity index (χ0) is 17.1.